The fourth-order valence-electron chi connectivity index (χ4n) is 2.57. The number of ether oxygens (including phenoxy) is 1. The Labute approximate surface area is 131 Å². The lowest BCUT2D eigenvalue weighted by Crippen LogP contribution is -2.34. The minimum atomic E-state index is -0.111. The molecule has 1 saturated carbocycles. The topological polar surface area (TPSA) is 41.6 Å². The number of benzene rings is 1. The summed E-state index contributed by atoms with van der Waals surface area (Å²) in [7, 11) is 0. The zero-order valence-corrected chi connectivity index (χ0v) is 13.4. The zero-order chi connectivity index (χ0) is 15.2. The molecule has 0 spiro atoms. The van der Waals surface area contributed by atoms with Crippen LogP contribution < -0.4 is 10.1 Å². The molecule has 0 aromatic heterocycles. The van der Waals surface area contributed by atoms with E-state index in [1.807, 2.05) is 26.0 Å². The first kappa shape index (κ1) is 16.0. The standard InChI is InChI=1S/C16H23ClN2O2/c1-3-19(4-2)16(20)18-12-9-10-15(14(17)11-12)21-13-7-5-6-8-13/h9-11,13H,3-8H2,1-2H3,(H,18,20). The van der Waals surface area contributed by atoms with Crippen LogP contribution in [0.3, 0.4) is 0 Å². The van der Waals surface area contributed by atoms with E-state index < -0.39 is 0 Å². The SMILES string of the molecule is CCN(CC)C(=O)Nc1ccc(OC2CCCC2)c(Cl)c1. The van der Waals surface area contributed by atoms with Gasteiger partial charge in [-0.1, -0.05) is 11.6 Å². The third-order valence-corrected chi connectivity index (χ3v) is 4.13. The van der Waals surface area contributed by atoms with Crippen LogP contribution in [0.25, 0.3) is 0 Å². The van der Waals surface area contributed by atoms with Crippen molar-refractivity contribution in [3.63, 3.8) is 0 Å². The number of rotatable bonds is 5. The molecule has 0 radical (unpaired) electrons. The predicted molar refractivity (Wildman–Crippen MR) is 86.3 cm³/mol. The summed E-state index contributed by atoms with van der Waals surface area (Å²) in [6.45, 7) is 5.26. The summed E-state index contributed by atoms with van der Waals surface area (Å²) in [6.07, 6.45) is 4.91. The van der Waals surface area contributed by atoms with E-state index in [1.165, 1.54) is 12.8 Å². The fraction of sp³-hybridized carbons (Fsp3) is 0.562. The van der Waals surface area contributed by atoms with E-state index in [0.29, 0.717) is 29.5 Å². The summed E-state index contributed by atoms with van der Waals surface area (Å²) < 4.78 is 5.90. The van der Waals surface area contributed by atoms with Crippen LogP contribution in [0.4, 0.5) is 10.5 Å². The van der Waals surface area contributed by atoms with Crippen LogP contribution in [0.5, 0.6) is 5.75 Å². The molecule has 0 atom stereocenters. The van der Waals surface area contributed by atoms with Crippen molar-refractivity contribution in [3.05, 3.63) is 23.2 Å². The first-order valence-electron chi connectivity index (χ1n) is 7.66. The average Bonchev–Trinajstić information content (AvgIpc) is 2.96. The van der Waals surface area contributed by atoms with Gasteiger partial charge in [0.15, 0.2) is 0 Å². The van der Waals surface area contributed by atoms with Gasteiger partial charge in [-0.05, 0) is 57.7 Å². The number of anilines is 1. The molecule has 0 saturated heterocycles. The average molecular weight is 311 g/mol. The maximum Gasteiger partial charge on any atom is 0.321 e. The van der Waals surface area contributed by atoms with E-state index in [1.54, 1.807) is 11.0 Å². The quantitative estimate of drug-likeness (QED) is 0.867. The number of urea groups is 1. The third-order valence-electron chi connectivity index (χ3n) is 3.83. The number of nitrogens with one attached hydrogen (secondary N) is 1. The van der Waals surface area contributed by atoms with Crippen LogP contribution in [-0.2, 0) is 0 Å². The summed E-state index contributed by atoms with van der Waals surface area (Å²) in [6, 6.07) is 5.30. The summed E-state index contributed by atoms with van der Waals surface area (Å²) >= 11 is 6.25. The van der Waals surface area contributed by atoms with Gasteiger partial charge in [0.05, 0.1) is 11.1 Å². The van der Waals surface area contributed by atoms with Crippen LogP contribution in [-0.4, -0.2) is 30.1 Å². The highest BCUT2D eigenvalue weighted by Gasteiger charge is 2.18. The molecule has 116 valence electrons. The third kappa shape index (κ3) is 4.27. The molecule has 1 aliphatic carbocycles. The van der Waals surface area contributed by atoms with Crippen LogP contribution in [0.2, 0.25) is 5.02 Å². The Kier molecular flexibility index (Phi) is 5.74. The highest BCUT2D eigenvalue weighted by Crippen LogP contribution is 2.31. The molecule has 1 aromatic rings. The molecule has 2 amide bonds. The Bertz CT molecular complexity index is 483. The Hall–Kier alpha value is -1.42. The van der Waals surface area contributed by atoms with Crippen molar-refractivity contribution >= 4 is 23.3 Å². The van der Waals surface area contributed by atoms with Crippen LogP contribution in [0.1, 0.15) is 39.5 Å². The summed E-state index contributed by atoms with van der Waals surface area (Å²) in [5.74, 6) is 0.699. The number of halogens is 1. The van der Waals surface area contributed by atoms with E-state index in [-0.39, 0.29) is 12.1 Å². The second kappa shape index (κ2) is 7.55. The molecule has 2 rings (SSSR count). The minimum Gasteiger partial charge on any atom is -0.489 e. The number of carbonyl (C=O) groups excluding carboxylic acids is 1. The monoisotopic (exact) mass is 310 g/mol. The maximum absolute atomic E-state index is 12.0. The van der Waals surface area contributed by atoms with Gasteiger partial charge < -0.3 is 15.0 Å². The smallest absolute Gasteiger partial charge is 0.321 e. The van der Waals surface area contributed by atoms with E-state index in [4.69, 9.17) is 16.3 Å². The highest BCUT2D eigenvalue weighted by molar-refractivity contribution is 6.32. The highest BCUT2D eigenvalue weighted by atomic mass is 35.5. The van der Waals surface area contributed by atoms with Crippen LogP contribution in [0.15, 0.2) is 18.2 Å². The molecular weight excluding hydrogens is 288 g/mol. The van der Waals surface area contributed by atoms with Gasteiger partial charge in [-0.15, -0.1) is 0 Å². The Morgan fingerprint density at radius 1 is 1.33 bits per heavy atom. The number of hydrogen-bond acceptors (Lipinski definition) is 2. The lowest BCUT2D eigenvalue weighted by Gasteiger charge is -2.20. The molecule has 0 heterocycles. The first-order chi connectivity index (χ1) is 10.1. The molecule has 1 fully saturated rings. The van der Waals surface area contributed by atoms with Gasteiger partial charge in [-0.25, -0.2) is 4.79 Å². The van der Waals surface area contributed by atoms with Crippen molar-refractivity contribution in [2.24, 2.45) is 0 Å². The summed E-state index contributed by atoms with van der Waals surface area (Å²) in [5, 5.41) is 3.39. The number of nitrogens with zero attached hydrogens (tertiary/aromatic N) is 1. The molecule has 21 heavy (non-hydrogen) atoms. The fourth-order valence-corrected chi connectivity index (χ4v) is 2.80. The zero-order valence-electron chi connectivity index (χ0n) is 12.7. The second-order valence-electron chi connectivity index (χ2n) is 5.27. The number of hydrogen-bond donors (Lipinski definition) is 1. The van der Waals surface area contributed by atoms with Gasteiger partial charge in [-0.3, -0.25) is 0 Å². The predicted octanol–water partition coefficient (Wildman–Crippen LogP) is 4.54. The van der Waals surface area contributed by atoms with Gasteiger partial charge >= 0.3 is 6.03 Å². The number of carbonyl (C=O) groups is 1. The van der Waals surface area contributed by atoms with Gasteiger partial charge in [0.1, 0.15) is 5.75 Å². The van der Waals surface area contributed by atoms with E-state index in [9.17, 15) is 4.79 Å². The lowest BCUT2D eigenvalue weighted by molar-refractivity contribution is 0.210. The lowest BCUT2D eigenvalue weighted by atomic mass is 10.2. The summed E-state index contributed by atoms with van der Waals surface area (Å²) in [4.78, 5) is 13.7. The van der Waals surface area contributed by atoms with Crippen LogP contribution >= 0.6 is 11.6 Å². The minimum absolute atomic E-state index is 0.111. The molecule has 0 unspecified atom stereocenters. The molecule has 1 aliphatic rings. The Balaban J connectivity index is 1.99. The Morgan fingerprint density at radius 3 is 2.57 bits per heavy atom. The van der Waals surface area contributed by atoms with E-state index in [2.05, 4.69) is 5.32 Å². The van der Waals surface area contributed by atoms with E-state index >= 15 is 0 Å². The molecule has 4 nitrogen and oxygen atoms in total. The van der Waals surface area contributed by atoms with Gasteiger partial charge in [0.25, 0.3) is 0 Å². The molecule has 1 N–H and O–H groups in total. The van der Waals surface area contributed by atoms with E-state index in [0.717, 1.165) is 12.8 Å². The van der Waals surface area contributed by atoms with Crippen molar-refractivity contribution in [1.82, 2.24) is 4.90 Å². The van der Waals surface area contributed by atoms with Crippen molar-refractivity contribution < 1.29 is 9.53 Å². The number of amides is 2. The van der Waals surface area contributed by atoms with Crippen molar-refractivity contribution in [3.8, 4) is 5.75 Å². The maximum atomic E-state index is 12.0. The molecule has 5 heteroatoms. The molecule has 0 aliphatic heterocycles. The normalized spacial score (nSPS) is 15.0. The largest absolute Gasteiger partial charge is 0.489 e. The Morgan fingerprint density at radius 2 is 2.00 bits per heavy atom. The van der Waals surface area contributed by atoms with Crippen molar-refractivity contribution in [2.75, 3.05) is 18.4 Å². The molecule has 0 bridgehead atoms. The first-order valence-corrected chi connectivity index (χ1v) is 8.04. The molecular formula is C16H23ClN2O2. The molecule has 1 aromatic carbocycles. The van der Waals surface area contributed by atoms with Crippen LogP contribution in [0, 0.1) is 0 Å². The van der Waals surface area contributed by atoms with Crippen molar-refractivity contribution in [2.45, 2.75) is 45.6 Å². The van der Waals surface area contributed by atoms with Gasteiger partial charge in [0.2, 0.25) is 0 Å². The second-order valence-corrected chi connectivity index (χ2v) is 5.68. The van der Waals surface area contributed by atoms with Gasteiger partial charge in [0, 0.05) is 18.8 Å². The van der Waals surface area contributed by atoms with Gasteiger partial charge in [-0.2, -0.15) is 0 Å². The van der Waals surface area contributed by atoms with Crippen molar-refractivity contribution in [1.29, 1.82) is 0 Å². The summed E-state index contributed by atoms with van der Waals surface area (Å²) in [5.41, 5.74) is 0.690.